The average Bonchev–Trinajstić information content (AvgIpc) is 3.93. The van der Waals surface area contributed by atoms with Gasteiger partial charge in [0.15, 0.2) is 5.78 Å². The van der Waals surface area contributed by atoms with Gasteiger partial charge in [-0.3, -0.25) is 14.4 Å². The number of carbonyl (C=O) groups is 4. The number of nitrogens with one attached hydrogen (secondary N) is 2. The number of rotatable bonds is 9. The number of carbonyl (C=O) groups excluding carboxylic acids is 4. The van der Waals surface area contributed by atoms with Gasteiger partial charge in [-0.15, -0.1) is 0 Å². The lowest BCUT2D eigenvalue weighted by Gasteiger charge is -2.72. The predicted octanol–water partition coefficient (Wildman–Crippen LogP) is 11.7. The van der Waals surface area contributed by atoms with Crippen LogP contribution in [0.1, 0.15) is 150 Å². The van der Waals surface area contributed by atoms with Crippen molar-refractivity contribution in [2.45, 2.75) is 163 Å². The molecule has 7 aliphatic rings. The molecule has 63 heavy (non-hydrogen) atoms. The zero-order valence-corrected chi connectivity index (χ0v) is 40.0. The van der Waals surface area contributed by atoms with Gasteiger partial charge in [-0.2, -0.15) is 0 Å². The van der Waals surface area contributed by atoms with Crippen LogP contribution in [0, 0.1) is 62.6 Å². The van der Waals surface area contributed by atoms with Gasteiger partial charge in [-0.25, -0.2) is 4.79 Å². The van der Waals surface area contributed by atoms with E-state index in [1.807, 2.05) is 68.4 Å². The van der Waals surface area contributed by atoms with Crippen molar-refractivity contribution in [3.63, 3.8) is 0 Å². The Morgan fingerprint density at radius 3 is 2.02 bits per heavy atom. The van der Waals surface area contributed by atoms with Gasteiger partial charge in [-0.05, 0) is 150 Å². The summed E-state index contributed by atoms with van der Waals surface area (Å²) in [7, 11) is 0. The number of hydrogen-bond donors (Lipinski definition) is 2. The van der Waals surface area contributed by atoms with Gasteiger partial charge in [0.25, 0.3) is 0 Å². The van der Waals surface area contributed by atoms with E-state index in [0.717, 1.165) is 80.9 Å². The van der Waals surface area contributed by atoms with Crippen molar-refractivity contribution in [1.82, 2.24) is 10.6 Å². The molecule has 1 unspecified atom stereocenters. The van der Waals surface area contributed by atoms with Crippen LogP contribution >= 0.6 is 11.6 Å². The Labute approximate surface area is 380 Å². The van der Waals surface area contributed by atoms with Crippen LogP contribution in [0.5, 0.6) is 0 Å². The average molecular weight is 880 g/mol. The summed E-state index contributed by atoms with van der Waals surface area (Å²) in [6.07, 6.45) is 10.1. The molecule has 0 bridgehead atoms. The lowest BCUT2D eigenvalue weighted by molar-refractivity contribution is -0.235. The number of halogens is 1. The number of esters is 2. The monoisotopic (exact) mass is 879 g/mol. The predicted molar refractivity (Wildman–Crippen MR) is 245 cm³/mol. The summed E-state index contributed by atoms with van der Waals surface area (Å²) in [5, 5.41) is 7.57. The van der Waals surface area contributed by atoms with Gasteiger partial charge in [0.1, 0.15) is 12.7 Å². The van der Waals surface area contributed by atoms with Gasteiger partial charge < -0.3 is 20.1 Å². The number of hydrogen-bond acceptors (Lipinski definition) is 6. The quantitative estimate of drug-likeness (QED) is 0.243. The minimum Gasteiger partial charge on any atom is -0.462 e. The van der Waals surface area contributed by atoms with Crippen LogP contribution < -0.4 is 10.6 Å². The second-order valence-corrected chi connectivity index (χ2v) is 23.9. The van der Waals surface area contributed by atoms with E-state index in [1.54, 1.807) is 0 Å². The number of amides is 2. The highest BCUT2D eigenvalue weighted by molar-refractivity contribution is 6.30. The second kappa shape index (κ2) is 15.2. The number of ether oxygens (including phenoxy) is 2. The van der Waals surface area contributed by atoms with Gasteiger partial charge in [0.05, 0.1) is 22.9 Å². The molecule has 9 heteroatoms. The van der Waals surface area contributed by atoms with E-state index < -0.39 is 16.5 Å². The summed E-state index contributed by atoms with van der Waals surface area (Å²) in [4.78, 5) is 55.6. The van der Waals surface area contributed by atoms with Gasteiger partial charge in [0.2, 0.25) is 0 Å². The SMILES string of the molecule is CC(C)C1=C2C3CC[C@@H]4[C@@]5(C)CC[C@H](OC(=O)[C@H]6C[C@@H](C(=O)OCc7ccccc7)C6(C)C)C(C)(C)[C@@H]5CC[C@@]4(C)[C@]3(C)CC[C@@]2(NC(=O)NC2(c3ccc(Cl)cc3)CC2)CC1=O. The maximum Gasteiger partial charge on any atom is 0.316 e. The molecular formula is C54H71ClN2O6. The number of urea groups is 1. The molecule has 8 nitrogen and oxygen atoms in total. The summed E-state index contributed by atoms with van der Waals surface area (Å²) in [5.41, 5.74) is 2.41. The van der Waals surface area contributed by atoms with Crippen molar-refractivity contribution < 1.29 is 28.7 Å². The van der Waals surface area contributed by atoms with E-state index in [0.29, 0.717) is 29.7 Å². The van der Waals surface area contributed by atoms with Crippen molar-refractivity contribution in [2.75, 3.05) is 0 Å². The molecule has 0 aromatic heterocycles. The van der Waals surface area contributed by atoms with E-state index in [2.05, 4.69) is 59.1 Å². The Hall–Kier alpha value is -3.65. The molecule has 0 radical (unpaired) electrons. The first-order valence-electron chi connectivity index (χ1n) is 24.2. The van der Waals surface area contributed by atoms with Crippen molar-refractivity contribution in [1.29, 1.82) is 0 Å². The van der Waals surface area contributed by atoms with E-state index in [4.69, 9.17) is 21.1 Å². The van der Waals surface area contributed by atoms with Crippen LogP contribution in [0.4, 0.5) is 4.79 Å². The van der Waals surface area contributed by atoms with Crippen molar-refractivity contribution in [3.05, 3.63) is 81.9 Å². The second-order valence-electron chi connectivity index (χ2n) is 23.5. The third-order valence-electron chi connectivity index (χ3n) is 19.5. The molecule has 0 heterocycles. The Balaban J connectivity index is 0.904. The molecule has 7 aliphatic carbocycles. The van der Waals surface area contributed by atoms with Gasteiger partial charge >= 0.3 is 18.0 Å². The first-order chi connectivity index (χ1) is 29.6. The zero-order valence-electron chi connectivity index (χ0n) is 39.3. The molecule has 6 saturated carbocycles. The molecule has 0 aliphatic heterocycles. The van der Waals surface area contributed by atoms with Crippen LogP contribution in [0.15, 0.2) is 65.7 Å². The third-order valence-corrected chi connectivity index (χ3v) is 19.8. The molecular weight excluding hydrogens is 808 g/mol. The van der Waals surface area contributed by atoms with E-state index in [9.17, 15) is 19.2 Å². The maximum absolute atomic E-state index is 14.2. The van der Waals surface area contributed by atoms with Crippen LogP contribution in [0.2, 0.25) is 5.02 Å². The Kier molecular flexibility index (Phi) is 10.8. The fraction of sp³-hybridized carbons (Fsp3) is 0.667. The summed E-state index contributed by atoms with van der Waals surface area (Å²) in [6.45, 7) is 20.9. The van der Waals surface area contributed by atoms with Gasteiger partial charge in [-0.1, -0.05) is 116 Å². The summed E-state index contributed by atoms with van der Waals surface area (Å²) < 4.78 is 12.3. The van der Waals surface area contributed by atoms with E-state index in [1.165, 1.54) is 5.57 Å². The van der Waals surface area contributed by atoms with E-state index >= 15 is 0 Å². The molecule has 2 amide bonds. The molecule has 340 valence electrons. The topological polar surface area (TPSA) is 111 Å². The first kappa shape index (κ1) is 44.5. The fourth-order valence-corrected chi connectivity index (χ4v) is 15.7. The minimum absolute atomic E-state index is 0.0304. The number of benzene rings is 2. The van der Waals surface area contributed by atoms with Crippen LogP contribution in [0.25, 0.3) is 0 Å². The number of ketones is 1. The highest BCUT2D eigenvalue weighted by Gasteiger charge is 2.71. The lowest BCUT2D eigenvalue weighted by atomic mass is 9.33. The van der Waals surface area contributed by atoms with Crippen molar-refractivity contribution >= 4 is 35.4 Å². The fourth-order valence-electron chi connectivity index (χ4n) is 15.6. The zero-order chi connectivity index (χ0) is 45.1. The normalized spacial score (nSPS) is 37.9. The molecule has 9 rings (SSSR count). The largest absolute Gasteiger partial charge is 0.462 e. The molecule has 0 spiro atoms. The standard InChI is InChI=1S/C54H71ClN2O6/c1-32(2)43-39(58)30-54(57-47(61)56-53(27-28-53)34-15-17-35(55)18-16-34)26-25-51(8)36(44(43)54)19-20-41-50(7)23-22-42(49(5,6)40(50)21-24-52(41,51)9)63-46(60)38-29-37(48(38,3)4)45(59)62-31-33-13-11-10-12-14-33/h10-18,32,36-38,40-42H,19-31H2,1-9H3,(H2,56,57,61)/t36?,37-,38+,40-,41+,42-,50-,51+,52+,54+/m0/s1. The van der Waals surface area contributed by atoms with Crippen molar-refractivity contribution in [2.24, 2.45) is 62.6 Å². The van der Waals surface area contributed by atoms with Crippen molar-refractivity contribution in [3.8, 4) is 0 Å². The van der Waals surface area contributed by atoms with Crippen LogP contribution in [-0.4, -0.2) is 35.4 Å². The molecule has 0 saturated heterocycles. The summed E-state index contributed by atoms with van der Waals surface area (Å²) >= 11 is 6.22. The van der Waals surface area contributed by atoms with E-state index in [-0.39, 0.29) is 81.8 Å². The Morgan fingerprint density at radius 2 is 1.37 bits per heavy atom. The molecule has 2 N–H and O–H groups in total. The highest BCUT2D eigenvalue weighted by Crippen LogP contribution is 2.76. The van der Waals surface area contributed by atoms with Crippen LogP contribution in [-0.2, 0) is 36.0 Å². The summed E-state index contributed by atoms with van der Waals surface area (Å²) in [5.74, 6) is 0.249. The Bertz CT molecular complexity index is 2210. The number of fused-ring (bicyclic) bond motifs is 7. The third kappa shape index (κ3) is 6.86. The first-order valence-corrected chi connectivity index (χ1v) is 24.5. The molecule has 2 aromatic carbocycles. The molecule has 6 fully saturated rings. The van der Waals surface area contributed by atoms with Crippen LogP contribution in [0.3, 0.4) is 0 Å². The number of Topliss-reactive ketones (excluding diaryl/α,β-unsaturated/α-hetero) is 1. The van der Waals surface area contributed by atoms with Gasteiger partial charge in [0, 0.05) is 16.9 Å². The highest BCUT2D eigenvalue weighted by atomic mass is 35.5. The molecule has 2 aromatic rings. The maximum atomic E-state index is 14.2. The smallest absolute Gasteiger partial charge is 0.316 e. The lowest BCUT2D eigenvalue weighted by Crippen LogP contribution is -2.67. The minimum atomic E-state index is -0.674. The Morgan fingerprint density at radius 1 is 0.714 bits per heavy atom. The molecule has 10 atom stereocenters. The summed E-state index contributed by atoms with van der Waals surface area (Å²) in [6, 6.07) is 17.3. The number of allylic oxidation sites excluding steroid dienone is 1.